The Bertz CT molecular complexity index is 285. The smallest absolute Gasteiger partial charge is 0.0604 e. The van der Waals surface area contributed by atoms with Crippen molar-refractivity contribution in [3.63, 3.8) is 0 Å². The maximum absolute atomic E-state index is 5.93. The van der Waals surface area contributed by atoms with Crippen LogP contribution in [0.2, 0.25) is 0 Å². The molecule has 1 aliphatic carbocycles. The Kier molecular flexibility index (Phi) is 2.92. The molecule has 0 N–H and O–H groups in total. The van der Waals surface area contributed by atoms with Crippen molar-refractivity contribution in [3.05, 3.63) is 40.8 Å². The molecule has 0 atom stereocenters. The SMILES string of the molecule is C/C(=C1/C=C(Cl)C=C[CH+]1)C(C)(C)C. The van der Waals surface area contributed by atoms with E-state index in [1.165, 1.54) is 11.1 Å². The summed E-state index contributed by atoms with van der Waals surface area (Å²) in [7, 11) is 0. The lowest BCUT2D eigenvalue weighted by atomic mass is 9.83. The monoisotopic (exact) mass is 195 g/mol. The van der Waals surface area contributed by atoms with Crippen LogP contribution in [0, 0.1) is 11.8 Å². The molecule has 0 saturated carbocycles. The van der Waals surface area contributed by atoms with Crippen LogP contribution in [0.3, 0.4) is 0 Å². The first-order valence-electron chi connectivity index (χ1n) is 4.51. The lowest BCUT2D eigenvalue weighted by molar-refractivity contribution is 0.501. The molecule has 0 spiro atoms. The second kappa shape index (κ2) is 3.63. The molecule has 1 aliphatic rings. The maximum atomic E-state index is 5.93. The lowest BCUT2D eigenvalue weighted by Gasteiger charge is -2.18. The average Bonchev–Trinajstić information content (AvgIpc) is 2.01. The fraction of sp³-hybridized carbons (Fsp3) is 0.417. The molecule has 0 aliphatic heterocycles. The van der Waals surface area contributed by atoms with E-state index in [0.29, 0.717) is 0 Å². The van der Waals surface area contributed by atoms with Gasteiger partial charge in [0, 0.05) is 29.6 Å². The predicted molar refractivity (Wildman–Crippen MR) is 59.5 cm³/mol. The Balaban J connectivity index is 3.01. The van der Waals surface area contributed by atoms with E-state index in [1.807, 2.05) is 18.2 Å². The minimum atomic E-state index is 0.213. The first kappa shape index (κ1) is 10.5. The van der Waals surface area contributed by atoms with Crippen LogP contribution in [0.1, 0.15) is 27.7 Å². The number of halogens is 1. The lowest BCUT2D eigenvalue weighted by Crippen LogP contribution is -2.09. The zero-order chi connectivity index (χ0) is 10.1. The van der Waals surface area contributed by atoms with Gasteiger partial charge in [0.2, 0.25) is 0 Å². The zero-order valence-corrected chi connectivity index (χ0v) is 9.44. The summed E-state index contributed by atoms with van der Waals surface area (Å²) in [5.74, 6) is 0. The van der Waals surface area contributed by atoms with E-state index in [9.17, 15) is 0 Å². The molecule has 0 aromatic carbocycles. The van der Waals surface area contributed by atoms with Gasteiger partial charge in [-0.25, -0.2) is 0 Å². The molecule has 0 saturated heterocycles. The van der Waals surface area contributed by atoms with Gasteiger partial charge >= 0.3 is 0 Å². The molecular weight excluding hydrogens is 180 g/mol. The molecule has 0 radical (unpaired) electrons. The molecule has 0 nitrogen and oxygen atoms in total. The van der Waals surface area contributed by atoms with Crippen molar-refractivity contribution in [2.24, 2.45) is 5.41 Å². The highest BCUT2D eigenvalue weighted by molar-refractivity contribution is 6.31. The van der Waals surface area contributed by atoms with E-state index in [2.05, 4.69) is 34.1 Å². The number of hydrogen-bond acceptors (Lipinski definition) is 0. The van der Waals surface area contributed by atoms with Gasteiger partial charge in [0.25, 0.3) is 0 Å². The summed E-state index contributed by atoms with van der Waals surface area (Å²) in [5.41, 5.74) is 2.82. The van der Waals surface area contributed by atoms with Gasteiger partial charge < -0.3 is 0 Å². The topological polar surface area (TPSA) is 0 Å². The van der Waals surface area contributed by atoms with Crippen molar-refractivity contribution in [1.29, 1.82) is 0 Å². The molecule has 0 fully saturated rings. The summed E-state index contributed by atoms with van der Waals surface area (Å²) in [6.45, 7) is 8.79. The van der Waals surface area contributed by atoms with Crippen molar-refractivity contribution in [1.82, 2.24) is 0 Å². The molecule has 13 heavy (non-hydrogen) atoms. The highest BCUT2D eigenvalue weighted by Crippen LogP contribution is 2.31. The van der Waals surface area contributed by atoms with Gasteiger partial charge in [-0.15, -0.1) is 0 Å². The van der Waals surface area contributed by atoms with E-state index < -0.39 is 0 Å². The average molecular weight is 196 g/mol. The highest BCUT2D eigenvalue weighted by Gasteiger charge is 2.22. The molecule has 0 heterocycles. The van der Waals surface area contributed by atoms with Crippen LogP contribution >= 0.6 is 11.6 Å². The normalized spacial score (nSPS) is 20.8. The molecule has 0 amide bonds. The summed E-state index contributed by atoms with van der Waals surface area (Å²) in [5, 5.41) is 0.807. The van der Waals surface area contributed by atoms with Crippen molar-refractivity contribution in [2.45, 2.75) is 27.7 Å². The number of hydrogen-bond donors (Lipinski definition) is 0. The van der Waals surface area contributed by atoms with Gasteiger partial charge in [-0.2, -0.15) is 0 Å². The van der Waals surface area contributed by atoms with Gasteiger partial charge in [0.1, 0.15) is 5.03 Å². The largest absolute Gasteiger partial charge is 0.124 e. The molecular formula is C12H16Cl+. The fourth-order valence-corrected chi connectivity index (χ4v) is 1.35. The second-order valence-electron chi connectivity index (χ2n) is 4.39. The quantitative estimate of drug-likeness (QED) is 0.507. The minimum Gasteiger partial charge on any atom is -0.0604 e. The van der Waals surface area contributed by atoms with Crippen LogP contribution in [0.25, 0.3) is 0 Å². The molecule has 0 bridgehead atoms. The van der Waals surface area contributed by atoms with Crippen LogP contribution in [0.4, 0.5) is 0 Å². The first-order valence-corrected chi connectivity index (χ1v) is 4.89. The van der Waals surface area contributed by atoms with Crippen LogP contribution in [0.5, 0.6) is 0 Å². The molecule has 1 heteroatoms. The van der Waals surface area contributed by atoms with Crippen LogP contribution in [-0.2, 0) is 0 Å². The van der Waals surface area contributed by atoms with Crippen molar-refractivity contribution >= 4 is 11.6 Å². The van der Waals surface area contributed by atoms with E-state index in [1.54, 1.807) is 0 Å². The second-order valence-corrected chi connectivity index (χ2v) is 4.82. The Morgan fingerprint density at radius 3 is 2.46 bits per heavy atom. The van der Waals surface area contributed by atoms with Crippen molar-refractivity contribution in [3.8, 4) is 0 Å². The summed E-state index contributed by atoms with van der Waals surface area (Å²) in [6.07, 6.45) is 8.02. The van der Waals surface area contributed by atoms with Gasteiger partial charge in [0.15, 0.2) is 0 Å². The minimum absolute atomic E-state index is 0.213. The molecule has 0 aromatic heterocycles. The van der Waals surface area contributed by atoms with Crippen molar-refractivity contribution in [2.75, 3.05) is 0 Å². The van der Waals surface area contributed by atoms with Crippen LogP contribution in [-0.4, -0.2) is 0 Å². The van der Waals surface area contributed by atoms with Crippen molar-refractivity contribution < 1.29 is 0 Å². The summed E-state index contributed by atoms with van der Waals surface area (Å²) in [6, 6.07) is 0. The molecule has 70 valence electrons. The highest BCUT2D eigenvalue weighted by atomic mass is 35.5. The summed E-state index contributed by atoms with van der Waals surface area (Å²) in [4.78, 5) is 0. The zero-order valence-electron chi connectivity index (χ0n) is 8.69. The number of rotatable bonds is 0. The van der Waals surface area contributed by atoms with E-state index >= 15 is 0 Å². The Morgan fingerprint density at radius 2 is 2.00 bits per heavy atom. The van der Waals surface area contributed by atoms with Gasteiger partial charge in [-0.1, -0.05) is 11.6 Å². The van der Waals surface area contributed by atoms with E-state index in [4.69, 9.17) is 11.6 Å². The van der Waals surface area contributed by atoms with Crippen LogP contribution < -0.4 is 0 Å². The molecule has 1 rings (SSSR count). The third kappa shape index (κ3) is 2.67. The standard InChI is InChI=1S/C12H16Cl/c1-9(12(2,3)4)10-6-5-7-11(13)8-10/h5-8H,1-4H3/q+1/b10-9-. The molecule has 0 aromatic rings. The van der Waals surface area contributed by atoms with Gasteiger partial charge in [-0.05, 0) is 27.7 Å². The number of allylic oxidation sites excluding steroid dienone is 6. The third-order valence-electron chi connectivity index (χ3n) is 2.38. The Morgan fingerprint density at radius 1 is 1.38 bits per heavy atom. The maximum Gasteiger partial charge on any atom is 0.124 e. The van der Waals surface area contributed by atoms with Gasteiger partial charge in [-0.3, -0.25) is 0 Å². The summed E-state index contributed by atoms with van der Waals surface area (Å²) < 4.78 is 0. The fourth-order valence-electron chi connectivity index (χ4n) is 1.15. The molecule has 0 unspecified atom stereocenters. The first-order chi connectivity index (χ1) is 5.91. The third-order valence-corrected chi connectivity index (χ3v) is 2.62. The Labute approximate surface area is 86.0 Å². The van der Waals surface area contributed by atoms with E-state index in [-0.39, 0.29) is 5.41 Å². The van der Waals surface area contributed by atoms with Gasteiger partial charge in [0.05, 0.1) is 11.6 Å². The summed E-state index contributed by atoms with van der Waals surface area (Å²) >= 11 is 5.93. The van der Waals surface area contributed by atoms with Crippen LogP contribution in [0.15, 0.2) is 34.4 Å². The van der Waals surface area contributed by atoms with E-state index in [0.717, 1.165) is 5.03 Å². The Hall–Kier alpha value is -0.620. The predicted octanol–water partition coefficient (Wildman–Crippen LogP) is 4.25.